The zero-order chi connectivity index (χ0) is 17.6. The second kappa shape index (κ2) is 5.78. The number of rotatable bonds is 3. The lowest BCUT2D eigenvalue weighted by Crippen LogP contribution is -2.46. The van der Waals surface area contributed by atoms with Gasteiger partial charge in [0.2, 0.25) is 0 Å². The highest BCUT2D eigenvalue weighted by Crippen LogP contribution is 2.66. The van der Waals surface area contributed by atoms with Gasteiger partial charge in [-0.2, -0.15) is 0 Å². The molecule has 0 saturated heterocycles. The lowest BCUT2D eigenvalue weighted by Gasteiger charge is -2.43. The molecule has 0 unspecified atom stereocenters. The Kier molecular flexibility index (Phi) is 4.60. The number of carbonyl (C=O) groups excluding carboxylic acids is 2. The molecule has 0 aliphatic heterocycles. The molecule has 0 spiro atoms. The number of esters is 2. The monoisotopic (exact) mass is 324 g/mol. The van der Waals surface area contributed by atoms with Crippen LogP contribution >= 0.6 is 0 Å². The van der Waals surface area contributed by atoms with Crippen LogP contribution in [0.1, 0.15) is 67.2 Å². The molecule has 2 aliphatic rings. The maximum atomic E-state index is 12.7. The van der Waals surface area contributed by atoms with Crippen LogP contribution in [0.2, 0.25) is 0 Å². The Hall–Kier alpha value is -1.06. The van der Waals surface area contributed by atoms with Crippen molar-refractivity contribution >= 4 is 11.9 Å². The normalized spacial score (nSPS) is 35.7. The summed E-state index contributed by atoms with van der Waals surface area (Å²) >= 11 is 0. The van der Waals surface area contributed by atoms with Gasteiger partial charge in [-0.25, -0.2) is 0 Å². The summed E-state index contributed by atoms with van der Waals surface area (Å²) in [7, 11) is 1.46. The van der Waals surface area contributed by atoms with Crippen LogP contribution in [0.5, 0.6) is 0 Å². The molecule has 2 rings (SSSR count). The van der Waals surface area contributed by atoms with E-state index in [1.54, 1.807) is 0 Å². The molecule has 0 aromatic rings. The van der Waals surface area contributed by atoms with E-state index in [-0.39, 0.29) is 29.2 Å². The topological polar surface area (TPSA) is 52.6 Å². The summed E-state index contributed by atoms with van der Waals surface area (Å²) in [4.78, 5) is 25.2. The number of hydrogen-bond donors (Lipinski definition) is 0. The van der Waals surface area contributed by atoms with Crippen molar-refractivity contribution in [2.75, 3.05) is 7.11 Å². The second-order valence-corrected chi connectivity index (χ2v) is 9.18. The Bertz CT molecular complexity index is 488. The van der Waals surface area contributed by atoms with Crippen molar-refractivity contribution < 1.29 is 19.1 Å². The highest BCUT2D eigenvalue weighted by Gasteiger charge is 2.65. The third-order valence-corrected chi connectivity index (χ3v) is 6.06. The molecule has 2 bridgehead atoms. The van der Waals surface area contributed by atoms with Crippen LogP contribution in [0.15, 0.2) is 0 Å². The van der Waals surface area contributed by atoms with Crippen molar-refractivity contribution in [2.24, 2.45) is 28.6 Å². The predicted octanol–water partition coefficient (Wildman–Crippen LogP) is 3.97. The van der Waals surface area contributed by atoms with Gasteiger partial charge < -0.3 is 9.47 Å². The molecule has 0 radical (unpaired) electrons. The van der Waals surface area contributed by atoms with E-state index in [9.17, 15) is 9.59 Å². The summed E-state index contributed by atoms with van der Waals surface area (Å²) in [6.07, 6.45) is 3.20. The molecule has 0 amide bonds. The first-order chi connectivity index (χ1) is 10.4. The molecule has 0 N–H and O–H groups in total. The van der Waals surface area contributed by atoms with Gasteiger partial charge in [-0.1, -0.05) is 20.8 Å². The Balaban J connectivity index is 2.34. The first-order valence-electron chi connectivity index (χ1n) is 8.74. The smallest absolute Gasteiger partial charge is 0.312 e. The van der Waals surface area contributed by atoms with E-state index in [2.05, 4.69) is 20.8 Å². The Morgan fingerprint density at radius 1 is 1.17 bits per heavy atom. The lowest BCUT2D eigenvalue weighted by atomic mass is 9.60. The van der Waals surface area contributed by atoms with Crippen molar-refractivity contribution in [3.05, 3.63) is 0 Å². The van der Waals surface area contributed by atoms with Gasteiger partial charge in [0.05, 0.1) is 12.5 Å². The molecule has 2 aliphatic carbocycles. The standard InChI is InChI=1S/C19H32O4/c1-12-8-9-13-14(10-15(20)23-17(2,3)4)19(12,16(21)22-7)11-18(13,5)6/h12-14H,8-11H2,1-7H3/t12-,13-,14+,19-/m1/s1. The SMILES string of the molecule is COC(=O)[C@]12CC(C)(C)[C@H](CC[C@H]1C)[C@@H]2CC(=O)OC(C)(C)C. The maximum absolute atomic E-state index is 12.7. The van der Waals surface area contributed by atoms with Crippen molar-refractivity contribution in [1.29, 1.82) is 0 Å². The molecule has 2 fully saturated rings. The number of carbonyl (C=O) groups is 2. The van der Waals surface area contributed by atoms with Crippen LogP contribution in [0.25, 0.3) is 0 Å². The van der Waals surface area contributed by atoms with E-state index in [4.69, 9.17) is 9.47 Å². The lowest BCUT2D eigenvalue weighted by molar-refractivity contribution is -0.167. The summed E-state index contributed by atoms with van der Waals surface area (Å²) in [5.74, 6) is 0.274. The first-order valence-corrected chi connectivity index (χ1v) is 8.74. The highest BCUT2D eigenvalue weighted by molar-refractivity contribution is 5.80. The average molecular weight is 324 g/mol. The molecule has 4 heteroatoms. The van der Waals surface area contributed by atoms with E-state index in [0.717, 1.165) is 19.3 Å². The van der Waals surface area contributed by atoms with E-state index < -0.39 is 11.0 Å². The number of ether oxygens (including phenoxy) is 2. The van der Waals surface area contributed by atoms with Crippen molar-refractivity contribution in [3.63, 3.8) is 0 Å². The van der Waals surface area contributed by atoms with Crippen molar-refractivity contribution in [3.8, 4) is 0 Å². The summed E-state index contributed by atoms with van der Waals surface area (Å²) in [5, 5.41) is 0. The fraction of sp³-hybridized carbons (Fsp3) is 0.895. The van der Waals surface area contributed by atoms with Crippen LogP contribution in [-0.2, 0) is 19.1 Å². The molecule has 0 aromatic carbocycles. The van der Waals surface area contributed by atoms with Crippen molar-refractivity contribution in [2.45, 2.75) is 72.8 Å². The molecule has 4 atom stereocenters. The molecular formula is C19H32O4. The third kappa shape index (κ3) is 3.14. The first kappa shape index (κ1) is 18.3. The minimum Gasteiger partial charge on any atom is -0.469 e. The van der Waals surface area contributed by atoms with Crippen LogP contribution in [-0.4, -0.2) is 24.6 Å². The van der Waals surface area contributed by atoms with Gasteiger partial charge >= 0.3 is 11.9 Å². The summed E-state index contributed by atoms with van der Waals surface area (Å²) in [6, 6.07) is 0. The molecule has 23 heavy (non-hydrogen) atoms. The van der Waals surface area contributed by atoms with E-state index in [1.807, 2.05) is 20.8 Å². The molecule has 2 saturated carbocycles. The second-order valence-electron chi connectivity index (χ2n) is 9.18. The van der Waals surface area contributed by atoms with E-state index in [1.165, 1.54) is 7.11 Å². The average Bonchev–Trinajstić information content (AvgIpc) is 2.54. The quantitative estimate of drug-likeness (QED) is 0.737. The highest BCUT2D eigenvalue weighted by atomic mass is 16.6. The number of methoxy groups -OCH3 is 1. The van der Waals surface area contributed by atoms with E-state index >= 15 is 0 Å². The molecule has 0 heterocycles. The minimum atomic E-state index is -0.544. The van der Waals surface area contributed by atoms with Gasteiger partial charge in [0.25, 0.3) is 0 Å². The van der Waals surface area contributed by atoms with Gasteiger partial charge in [-0.3, -0.25) is 9.59 Å². The largest absolute Gasteiger partial charge is 0.469 e. The van der Waals surface area contributed by atoms with Crippen LogP contribution in [0, 0.1) is 28.6 Å². The van der Waals surface area contributed by atoms with Gasteiger partial charge in [0.1, 0.15) is 5.60 Å². The van der Waals surface area contributed by atoms with Crippen LogP contribution in [0.3, 0.4) is 0 Å². The zero-order valence-electron chi connectivity index (χ0n) is 15.7. The number of fused-ring (bicyclic) bond motifs is 2. The van der Waals surface area contributed by atoms with Crippen LogP contribution in [0.4, 0.5) is 0 Å². The summed E-state index contributed by atoms with van der Waals surface area (Å²) < 4.78 is 10.7. The van der Waals surface area contributed by atoms with Gasteiger partial charge in [0.15, 0.2) is 0 Å². The molecular weight excluding hydrogens is 292 g/mol. The zero-order valence-corrected chi connectivity index (χ0v) is 15.7. The van der Waals surface area contributed by atoms with Gasteiger partial charge in [-0.15, -0.1) is 0 Å². The maximum Gasteiger partial charge on any atom is 0.312 e. The minimum absolute atomic E-state index is 0.0172. The molecule has 132 valence electrons. The fourth-order valence-corrected chi connectivity index (χ4v) is 5.24. The molecule has 4 nitrogen and oxygen atoms in total. The summed E-state index contributed by atoms with van der Waals surface area (Å²) in [5.41, 5.74) is -0.992. The van der Waals surface area contributed by atoms with E-state index in [0.29, 0.717) is 12.3 Å². The van der Waals surface area contributed by atoms with Gasteiger partial charge in [0, 0.05) is 6.42 Å². The number of hydrogen-bond acceptors (Lipinski definition) is 4. The summed E-state index contributed by atoms with van der Waals surface area (Å²) in [6.45, 7) is 12.2. The van der Waals surface area contributed by atoms with Crippen molar-refractivity contribution in [1.82, 2.24) is 0 Å². The third-order valence-electron chi connectivity index (χ3n) is 6.06. The van der Waals surface area contributed by atoms with Gasteiger partial charge in [-0.05, 0) is 63.2 Å². The fourth-order valence-electron chi connectivity index (χ4n) is 5.24. The molecule has 0 aromatic heterocycles. The predicted molar refractivity (Wildman–Crippen MR) is 88.7 cm³/mol. The Labute approximate surface area is 140 Å². The Morgan fingerprint density at radius 3 is 2.30 bits per heavy atom. The Morgan fingerprint density at radius 2 is 1.78 bits per heavy atom. The van der Waals surface area contributed by atoms with Crippen LogP contribution < -0.4 is 0 Å².